The summed E-state index contributed by atoms with van der Waals surface area (Å²) in [4.78, 5) is 40.3. The fraction of sp³-hybridized carbons (Fsp3) is 0.286. The number of halogens is 1. The van der Waals surface area contributed by atoms with Crippen molar-refractivity contribution in [3.8, 4) is 23.0 Å². The van der Waals surface area contributed by atoms with E-state index < -0.39 is 17.8 Å². The van der Waals surface area contributed by atoms with Crippen molar-refractivity contribution >= 4 is 35.5 Å². The number of urea groups is 1. The molecule has 0 spiro atoms. The van der Waals surface area contributed by atoms with Gasteiger partial charge in [-0.3, -0.25) is 19.8 Å². The Kier molecular flexibility index (Phi) is 11.6. The number of benzene rings is 3. The van der Waals surface area contributed by atoms with Crippen molar-refractivity contribution in [1.82, 2.24) is 10.2 Å². The van der Waals surface area contributed by atoms with Crippen LogP contribution in [0, 0.1) is 0 Å². The second kappa shape index (κ2) is 15.8. The Labute approximate surface area is 268 Å². The number of nitrogens with zero attached hydrogens (tertiary/aromatic N) is 1. The fourth-order valence-electron chi connectivity index (χ4n) is 4.72. The zero-order valence-corrected chi connectivity index (χ0v) is 26.4. The number of hydrogen-bond donors (Lipinski definition) is 1. The zero-order valence-electron chi connectivity index (χ0n) is 25.7. The normalized spacial score (nSPS) is 13.9. The third kappa shape index (κ3) is 8.45. The molecule has 1 saturated heterocycles. The number of rotatable bonds is 15. The van der Waals surface area contributed by atoms with Crippen molar-refractivity contribution in [3.05, 3.63) is 100 Å². The molecular formula is C35H37ClN2O7. The van der Waals surface area contributed by atoms with Gasteiger partial charge in [-0.1, -0.05) is 42.8 Å². The monoisotopic (exact) mass is 632 g/mol. The van der Waals surface area contributed by atoms with Crippen LogP contribution in [0.2, 0.25) is 5.02 Å². The highest BCUT2D eigenvalue weighted by atomic mass is 35.5. The van der Waals surface area contributed by atoms with Crippen LogP contribution in [0.15, 0.2) is 72.8 Å². The highest BCUT2D eigenvalue weighted by Crippen LogP contribution is 2.36. The van der Waals surface area contributed by atoms with Crippen LogP contribution >= 0.6 is 11.6 Å². The molecule has 4 rings (SSSR count). The molecule has 3 aromatic carbocycles. The molecule has 0 aromatic heterocycles. The molecule has 10 heteroatoms. The standard InChI is InChI=1S/C35H37ClN2O7/c1-5-10-26-16-25(20-31(43-8-4)32(26)45-22-24-11-9-12-27(36)17-24)18-28-33(39)37-35(41)38(34(28)40)21-23-13-14-29(44-15-6-2)30(19-23)42-7-3/h5,9,11-14,16-20H,1,6-8,10,15,21-22H2,2-4H3,(H,37,39,41)/b28-18+. The predicted molar refractivity (Wildman–Crippen MR) is 173 cm³/mol. The van der Waals surface area contributed by atoms with Crippen molar-refractivity contribution in [3.63, 3.8) is 0 Å². The SMILES string of the molecule is C=CCc1cc(/C=C2\C(=O)NC(=O)N(Cc3ccc(OCCC)c(OCC)c3)C2=O)cc(OCC)c1OCc1cccc(Cl)c1. The lowest BCUT2D eigenvalue weighted by Gasteiger charge is -2.27. The lowest BCUT2D eigenvalue weighted by Crippen LogP contribution is -2.53. The number of ether oxygens (including phenoxy) is 4. The third-order valence-corrected chi connectivity index (χ3v) is 6.93. The van der Waals surface area contributed by atoms with Crippen LogP contribution < -0.4 is 24.3 Å². The number of amides is 4. The molecule has 1 aliphatic heterocycles. The summed E-state index contributed by atoms with van der Waals surface area (Å²) >= 11 is 6.14. The Morgan fingerprint density at radius 2 is 1.64 bits per heavy atom. The van der Waals surface area contributed by atoms with Gasteiger partial charge in [-0.05, 0) is 85.9 Å². The van der Waals surface area contributed by atoms with Gasteiger partial charge in [0.25, 0.3) is 11.8 Å². The predicted octanol–water partition coefficient (Wildman–Crippen LogP) is 6.90. The summed E-state index contributed by atoms with van der Waals surface area (Å²) in [7, 11) is 0. The summed E-state index contributed by atoms with van der Waals surface area (Å²) in [5.74, 6) is 0.536. The van der Waals surface area contributed by atoms with Crippen LogP contribution in [0.1, 0.15) is 49.4 Å². The average molecular weight is 633 g/mol. The van der Waals surface area contributed by atoms with Crippen LogP contribution in [0.3, 0.4) is 0 Å². The van der Waals surface area contributed by atoms with Crippen LogP contribution in [0.5, 0.6) is 23.0 Å². The second-order valence-corrected chi connectivity index (χ2v) is 10.6. The van der Waals surface area contributed by atoms with Crippen molar-refractivity contribution in [2.75, 3.05) is 19.8 Å². The van der Waals surface area contributed by atoms with Gasteiger partial charge in [-0.2, -0.15) is 0 Å². The molecule has 1 aliphatic rings. The van der Waals surface area contributed by atoms with E-state index in [9.17, 15) is 14.4 Å². The number of allylic oxidation sites excluding steroid dienone is 1. The Hall–Kier alpha value is -4.76. The quantitative estimate of drug-likeness (QED) is 0.110. The Balaban J connectivity index is 1.64. The minimum Gasteiger partial charge on any atom is -0.490 e. The van der Waals surface area contributed by atoms with Gasteiger partial charge in [0.15, 0.2) is 23.0 Å². The highest BCUT2D eigenvalue weighted by molar-refractivity contribution is 6.31. The molecule has 1 N–H and O–H groups in total. The molecule has 4 amide bonds. The number of hydrogen-bond acceptors (Lipinski definition) is 7. The molecule has 1 heterocycles. The lowest BCUT2D eigenvalue weighted by molar-refractivity contribution is -0.130. The zero-order chi connectivity index (χ0) is 32.3. The van der Waals surface area contributed by atoms with Gasteiger partial charge in [0.1, 0.15) is 12.2 Å². The Morgan fingerprint density at radius 1 is 0.867 bits per heavy atom. The van der Waals surface area contributed by atoms with E-state index in [1.807, 2.05) is 39.0 Å². The maximum absolute atomic E-state index is 13.6. The van der Waals surface area contributed by atoms with E-state index in [0.29, 0.717) is 65.4 Å². The van der Waals surface area contributed by atoms with E-state index in [0.717, 1.165) is 22.4 Å². The number of carbonyl (C=O) groups excluding carboxylic acids is 3. The van der Waals surface area contributed by atoms with Crippen molar-refractivity contribution < 1.29 is 33.3 Å². The topological polar surface area (TPSA) is 103 Å². The van der Waals surface area contributed by atoms with E-state index in [-0.39, 0.29) is 18.7 Å². The fourth-order valence-corrected chi connectivity index (χ4v) is 4.93. The summed E-state index contributed by atoms with van der Waals surface area (Å²) in [6.45, 7) is 11.0. The summed E-state index contributed by atoms with van der Waals surface area (Å²) in [6.07, 6.45) is 4.44. The molecule has 9 nitrogen and oxygen atoms in total. The lowest BCUT2D eigenvalue weighted by atomic mass is 10.0. The van der Waals surface area contributed by atoms with Gasteiger partial charge in [0, 0.05) is 10.6 Å². The molecule has 1 fully saturated rings. The molecule has 0 saturated carbocycles. The van der Waals surface area contributed by atoms with E-state index in [2.05, 4.69) is 11.9 Å². The third-order valence-electron chi connectivity index (χ3n) is 6.70. The van der Waals surface area contributed by atoms with Gasteiger partial charge < -0.3 is 18.9 Å². The van der Waals surface area contributed by atoms with Crippen molar-refractivity contribution in [2.45, 2.75) is 46.8 Å². The van der Waals surface area contributed by atoms with Crippen molar-refractivity contribution in [2.24, 2.45) is 0 Å². The van der Waals surface area contributed by atoms with Gasteiger partial charge in [-0.25, -0.2) is 4.79 Å². The number of barbiturate groups is 1. The first-order valence-electron chi connectivity index (χ1n) is 14.8. The van der Waals surface area contributed by atoms with Gasteiger partial charge in [0.05, 0.1) is 26.4 Å². The van der Waals surface area contributed by atoms with Gasteiger partial charge in [0.2, 0.25) is 0 Å². The van der Waals surface area contributed by atoms with Crippen LogP contribution in [0.25, 0.3) is 6.08 Å². The molecule has 0 aliphatic carbocycles. The Morgan fingerprint density at radius 3 is 2.36 bits per heavy atom. The van der Waals surface area contributed by atoms with Crippen LogP contribution in [-0.4, -0.2) is 42.6 Å². The summed E-state index contributed by atoms with van der Waals surface area (Å²) in [6, 6.07) is 15.3. The number of imide groups is 2. The molecule has 0 bridgehead atoms. The largest absolute Gasteiger partial charge is 0.490 e. The summed E-state index contributed by atoms with van der Waals surface area (Å²) in [5, 5.41) is 2.89. The smallest absolute Gasteiger partial charge is 0.331 e. The highest BCUT2D eigenvalue weighted by Gasteiger charge is 2.36. The van der Waals surface area contributed by atoms with E-state index >= 15 is 0 Å². The van der Waals surface area contributed by atoms with E-state index in [1.54, 1.807) is 42.5 Å². The van der Waals surface area contributed by atoms with Crippen molar-refractivity contribution in [1.29, 1.82) is 0 Å². The average Bonchev–Trinajstić information content (AvgIpc) is 3.01. The van der Waals surface area contributed by atoms with Crippen LogP contribution in [0.4, 0.5) is 4.79 Å². The first-order valence-corrected chi connectivity index (χ1v) is 15.2. The molecular weight excluding hydrogens is 596 g/mol. The number of nitrogens with one attached hydrogen (secondary N) is 1. The minimum atomic E-state index is -0.807. The molecule has 236 valence electrons. The Bertz CT molecular complexity index is 1600. The summed E-state index contributed by atoms with van der Waals surface area (Å²) < 4.78 is 23.6. The van der Waals surface area contributed by atoms with Gasteiger partial charge in [-0.15, -0.1) is 6.58 Å². The molecule has 0 radical (unpaired) electrons. The maximum Gasteiger partial charge on any atom is 0.331 e. The minimum absolute atomic E-state index is 0.0778. The number of carbonyl (C=O) groups is 3. The molecule has 0 unspecified atom stereocenters. The summed E-state index contributed by atoms with van der Waals surface area (Å²) in [5.41, 5.74) is 2.59. The molecule has 0 atom stereocenters. The first kappa shape index (κ1) is 33.1. The van der Waals surface area contributed by atoms with Gasteiger partial charge >= 0.3 is 6.03 Å². The van der Waals surface area contributed by atoms with Crippen LogP contribution in [-0.2, 0) is 29.2 Å². The van der Waals surface area contributed by atoms with E-state index in [4.69, 9.17) is 30.5 Å². The maximum atomic E-state index is 13.6. The van der Waals surface area contributed by atoms with E-state index in [1.165, 1.54) is 6.08 Å². The first-order chi connectivity index (χ1) is 21.8. The molecule has 3 aromatic rings. The second-order valence-electron chi connectivity index (χ2n) is 10.1. The molecule has 45 heavy (non-hydrogen) atoms.